The molecule has 0 fully saturated rings. The molecule has 1 aliphatic carbocycles. The number of nitrogens with zero attached hydrogens (tertiary/aromatic N) is 2. The van der Waals surface area contributed by atoms with E-state index in [0.717, 1.165) is 40.7 Å². The maximum Gasteiger partial charge on any atom is 1.00 e. The van der Waals surface area contributed by atoms with E-state index in [9.17, 15) is 0 Å². The number of furan rings is 1. The summed E-state index contributed by atoms with van der Waals surface area (Å²) in [5, 5.41) is 4.96. The van der Waals surface area contributed by atoms with Crippen molar-refractivity contribution >= 4 is 71.1 Å². The second kappa shape index (κ2) is 13.1. The molecule has 46 heavy (non-hydrogen) atoms. The van der Waals surface area contributed by atoms with E-state index in [-0.39, 0.29) is 24.9 Å². The van der Waals surface area contributed by atoms with Crippen LogP contribution in [0.25, 0.3) is 58.8 Å². The van der Waals surface area contributed by atoms with Gasteiger partial charge >= 0.3 is 18.9 Å². The standard InChI is InChI=1S/C23H19N2O.C18H10S.Li/c1-15-13-21(25-14-24-15)17-11-9-16(10-12-17)18-6-4-7-20-19-5-2-3-8-22(19)26-23(18)20;1-2-6-13(7-3-1)14-10-11-16-15-8-4-5-9-17(15)19-18(16)12-14;/h2-11,15,17H,12-13H2,1H3;1-6,8-9,11-12H;/q-1;-2;+1. The molecule has 0 N–H and O–H groups in total. The molecule has 0 radical (unpaired) electrons. The Balaban J connectivity index is 0.000000150. The van der Waals surface area contributed by atoms with Gasteiger partial charge in [0.15, 0.2) is 0 Å². The first-order chi connectivity index (χ1) is 22.2. The molecule has 7 aromatic rings. The zero-order valence-corrected chi connectivity index (χ0v) is 26.6. The van der Waals surface area contributed by atoms with E-state index in [0.29, 0.717) is 5.92 Å². The fourth-order valence-corrected chi connectivity index (χ4v) is 7.37. The predicted octanol–water partition coefficient (Wildman–Crippen LogP) is 8.01. The minimum atomic E-state index is 0. The summed E-state index contributed by atoms with van der Waals surface area (Å²) in [4.78, 5) is 8.58. The molecule has 0 amide bonds. The number of hydrogen-bond acceptors (Lipinski definition) is 4. The number of fused-ring (bicyclic) bond motifs is 6. The average molecular weight is 605 g/mol. The van der Waals surface area contributed by atoms with Gasteiger partial charge in [0.05, 0.1) is 0 Å². The molecule has 3 nitrogen and oxygen atoms in total. The van der Waals surface area contributed by atoms with Crippen LogP contribution in [-0.2, 0) is 0 Å². The van der Waals surface area contributed by atoms with E-state index in [1.165, 1.54) is 42.2 Å². The molecule has 0 spiro atoms. The van der Waals surface area contributed by atoms with E-state index in [1.807, 2.05) is 41.7 Å². The summed E-state index contributed by atoms with van der Waals surface area (Å²) in [6.45, 7) is 2.11. The van der Waals surface area contributed by atoms with Gasteiger partial charge < -0.3 is 14.4 Å². The van der Waals surface area contributed by atoms with Crippen molar-refractivity contribution in [3.63, 3.8) is 0 Å². The third-order valence-electron chi connectivity index (χ3n) is 8.53. The van der Waals surface area contributed by atoms with Crippen molar-refractivity contribution in [3.8, 4) is 11.1 Å². The van der Waals surface area contributed by atoms with Crippen LogP contribution in [0.5, 0.6) is 0 Å². The summed E-state index contributed by atoms with van der Waals surface area (Å²) in [7, 11) is 0. The molecule has 2 unspecified atom stereocenters. The van der Waals surface area contributed by atoms with Crippen LogP contribution in [0, 0.1) is 18.1 Å². The van der Waals surface area contributed by atoms with Crippen LogP contribution in [0.2, 0.25) is 0 Å². The van der Waals surface area contributed by atoms with Gasteiger partial charge in [-0.15, -0.1) is 17.8 Å². The van der Waals surface area contributed by atoms with Crippen LogP contribution >= 0.6 is 11.3 Å². The zero-order valence-electron chi connectivity index (χ0n) is 25.8. The van der Waals surface area contributed by atoms with Gasteiger partial charge in [-0.2, -0.15) is 47.7 Å². The Morgan fingerprint density at radius 2 is 1.63 bits per heavy atom. The molecule has 2 aromatic heterocycles. The summed E-state index contributed by atoms with van der Waals surface area (Å²) in [6, 6.07) is 42.4. The Labute approximate surface area is 284 Å². The minimum absolute atomic E-state index is 0. The number of benzene rings is 5. The molecular weight excluding hydrogens is 575 g/mol. The molecular formula is C41H29LiN2OS-2. The SMILES string of the molecule is CC1CC(C2C=CC(c3cccc4c3oc3ccccc34)=CC2)=N[C-]=N1.[Li+].[c-]1ccccc1-c1[c-]cc2c(c1)sc1ccccc12. The molecule has 2 atom stereocenters. The van der Waals surface area contributed by atoms with Crippen LogP contribution in [0.15, 0.2) is 136 Å². The zero-order chi connectivity index (χ0) is 30.2. The van der Waals surface area contributed by atoms with Crippen molar-refractivity contribution in [2.75, 3.05) is 0 Å². The van der Waals surface area contributed by atoms with Crippen molar-refractivity contribution in [2.24, 2.45) is 15.9 Å². The molecule has 5 heteroatoms. The maximum absolute atomic E-state index is 6.17. The largest absolute Gasteiger partial charge is 1.00 e. The van der Waals surface area contributed by atoms with Crippen molar-refractivity contribution in [3.05, 3.63) is 139 Å². The smallest absolute Gasteiger partial charge is 0.455 e. The number of para-hydroxylation sites is 2. The van der Waals surface area contributed by atoms with Gasteiger partial charge in [0.1, 0.15) is 11.2 Å². The van der Waals surface area contributed by atoms with E-state index >= 15 is 0 Å². The molecule has 0 saturated carbocycles. The Bertz CT molecular complexity index is 2310. The molecule has 2 aliphatic rings. The molecule has 0 saturated heterocycles. The van der Waals surface area contributed by atoms with Crippen molar-refractivity contribution in [2.45, 2.75) is 25.8 Å². The minimum Gasteiger partial charge on any atom is -0.455 e. The van der Waals surface area contributed by atoms with Crippen LogP contribution in [0.1, 0.15) is 25.3 Å². The third kappa shape index (κ3) is 5.81. The van der Waals surface area contributed by atoms with Crippen LogP contribution in [0.4, 0.5) is 0 Å². The number of thiophene rings is 1. The Kier molecular flexibility index (Phi) is 8.61. The average Bonchev–Trinajstić information content (AvgIpc) is 3.67. The third-order valence-corrected chi connectivity index (χ3v) is 9.66. The Hall–Kier alpha value is -4.46. The monoisotopic (exact) mass is 604 g/mol. The van der Waals surface area contributed by atoms with E-state index < -0.39 is 0 Å². The van der Waals surface area contributed by atoms with Crippen LogP contribution in [-0.4, -0.2) is 18.1 Å². The van der Waals surface area contributed by atoms with E-state index in [4.69, 9.17) is 4.42 Å². The first-order valence-corrected chi connectivity index (χ1v) is 16.1. The summed E-state index contributed by atoms with van der Waals surface area (Å²) in [6.07, 6.45) is 11.4. The number of aliphatic imine (C=N–C) groups is 2. The van der Waals surface area contributed by atoms with Gasteiger partial charge in [-0.05, 0) is 42.4 Å². The number of allylic oxidation sites excluding steroid dienone is 4. The fourth-order valence-electron chi connectivity index (χ4n) is 6.24. The van der Waals surface area contributed by atoms with Crippen LogP contribution < -0.4 is 18.9 Å². The van der Waals surface area contributed by atoms with Gasteiger partial charge in [0.2, 0.25) is 0 Å². The Morgan fingerprint density at radius 3 is 2.46 bits per heavy atom. The predicted molar refractivity (Wildman–Crippen MR) is 190 cm³/mol. The molecule has 9 rings (SSSR count). The molecule has 5 aromatic carbocycles. The molecule has 3 heterocycles. The number of hydrogen-bond donors (Lipinski definition) is 0. The number of rotatable bonds is 3. The summed E-state index contributed by atoms with van der Waals surface area (Å²) in [5.74, 6) is 0.346. The van der Waals surface area contributed by atoms with Gasteiger partial charge in [-0.1, -0.05) is 95.7 Å². The summed E-state index contributed by atoms with van der Waals surface area (Å²) < 4.78 is 8.82. The quantitative estimate of drug-likeness (QED) is 0.149. The first-order valence-electron chi connectivity index (χ1n) is 15.3. The second-order valence-corrected chi connectivity index (χ2v) is 12.6. The maximum atomic E-state index is 6.17. The van der Waals surface area contributed by atoms with Gasteiger partial charge in [-0.25, -0.2) is 11.1 Å². The van der Waals surface area contributed by atoms with Crippen molar-refractivity contribution in [1.82, 2.24) is 0 Å². The van der Waals surface area contributed by atoms with Gasteiger partial charge in [0.25, 0.3) is 0 Å². The first kappa shape index (κ1) is 30.2. The van der Waals surface area contributed by atoms with Crippen LogP contribution in [0.3, 0.4) is 0 Å². The van der Waals surface area contributed by atoms with E-state index in [2.05, 4.69) is 126 Å². The second-order valence-electron chi connectivity index (χ2n) is 11.5. The Morgan fingerprint density at radius 1 is 0.804 bits per heavy atom. The topological polar surface area (TPSA) is 37.9 Å². The molecule has 0 bridgehead atoms. The van der Waals surface area contributed by atoms with Crippen molar-refractivity contribution < 1.29 is 23.3 Å². The summed E-state index contributed by atoms with van der Waals surface area (Å²) in [5.41, 5.74) is 7.66. The summed E-state index contributed by atoms with van der Waals surface area (Å²) >= 11 is 1.84. The van der Waals surface area contributed by atoms with Gasteiger partial charge in [-0.3, -0.25) is 0 Å². The molecule has 1 aliphatic heterocycles. The fraction of sp³-hybridized carbons (Fsp3) is 0.122. The molecule has 218 valence electrons. The van der Waals surface area contributed by atoms with E-state index in [1.54, 1.807) is 0 Å². The van der Waals surface area contributed by atoms with Gasteiger partial charge in [0, 0.05) is 27.1 Å². The normalized spacial score (nSPS) is 17.4. The van der Waals surface area contributed by atoms with Crippen molar-refractivity contribution in [1.29, 1.82) is 0 Å².